The number of carbonyl (C=O) groups excluding carboxylic acids is 1. The number of rotatable bonds is 3. The fourth-order valence-corrected chi connectivity index (χ4v) is 2.00. The van der Waals surface area contributed by atoms with Crippen molar-refractivity contribution in [3.05, 3.63) is 35.8 Å². The van der Waals surface area contributed by atoms with E-state index in [2.05, 4.69) is 10.3 Å². The van der Waals surface area contributed by atoms with Crippen molar-refractivity contribution in [1.29, 1.82) is 0 Å². The van der Waals surface area contributed by atoms with Crippen LogP contribution in [0.4, 0.5) is 9.18 Å². The number of aromatic amines is 1. The topological polar surface area (TPSA) is 54.1 Å². The lowest BCUT2D eigenvalue weighted by atomic mass is 10.1. The lowest BCUT2D eigenvalue weighted by Crippen LogP contribution is -2.33. The number of ether oxygens (including phenoxy) is 1. The highest BCUT2D eigenvalue weighted by Crippen LogP contribution is 2.20. The highest BCUT2D eigenvalue weighted by molar-refractivity contribution is 5.83. The van der Waals surface area contributed by atoms with Crippen molar-refractivity contribution < 1.29 is 13.9 Å². The number of alkyl carbamates (subject to hydrolysis) is 1. The van der Waals surface area contributed by atoms with Crippen LogP contribution < -0.4 is 5.32 Å². The fraction of sp³-hybridized carbons (Fsp3) is 0.400. The maximum absolute atomic E-state index is 13.5. The third-order valence-corrected chi connectivity index (χ3v) is 2.81. The Labute approximate surface area is 117 Å². The monoisotopic (exact) mass is 278 g/mol. The normalized spacial score (nSPS) is 11.6. The van der Waals surface area contributed by atoms with Gasteiger partial charge in [0.25, 0.3) is 0 Å². The first-order chi connectivity index (χ1) is 9.37. The van der Waals surface area contributed by atoms with E-state index in [-0.39, 0.29) is 5.82 Å². The molecule has 5 heteroatoms. The zero-order valence-corrected chi connectivity index (χ0v) is 11.9. The first-order valence-electron chi connectivity index (χ1n) is 6.58. The first-order valence-corrected chi connectivity index (χ1v) is 6.58. The molecule has 0 radical (unpaired) electrons. The Bertz CT molecular complexity index is 614. The average molecular weight is 278 g/mol. The molecular formula is C15H19FN2O2. The van der Waals surface area contributed by atoms with Crippen LogP contribution in [0.3, 0.4) is 0 Å². The van der Waals surface area contributed by atoms with E-state index in [0.717, 1.165) is 10.9 Å². The molecule has 1 amide bonds. The molecule has 0 aliphatic carbocycles. The maximum atomic E-state index is 13.5. The minimum absolute atomic E-state index is 0.270. The number of fused-ring (bicyclic) bond motifs is 1. The maximum Gasteiger partial charge on any atom is 0.407 e. The summed E-state index contributed by atoms with van der Waals surface area (Å²) in [5.74, 6) is -0.270. The summed E-state index contributed by atoms with van der Waals surface area (Å²) in [7, 11) is 0. The Morgan fingerprint density at radius 2 is 2.15 bits per heavy atom. The third-order valence-electron chi connectivity index (χ3n) is 2.81. The smallest absolute Gasteiger partial charge is 0.407 e. The molecule has 20 heavy (non-hydrogen) atoms. The summed E-state index contributed by atoms with van der Waals surface area (Å²) in [5.41, 5.74) is 0.962. The molecule has 0 saturated heterocycles. The molecule has 0 atom stereocenters. The second-order valence-corrected chi connectivity index (χ2v) is 5.65. The van der Waals surface area contributed by atoms with Crippen LogP contribution in [-0.4, -0.2) is 23.2 Å². The van der Waals surface area contributed by atoms with Gasteiger partial charge in [-0.3, -0.25) is 0 Å². The predicted octanol–water partition coefficient (Wildman–Crippen LogP) is 3.37. The van der Waals surface area contributed by atoms with E-state index in [1.807, 2.05) is 26.8 Å². The van der Waals surface area contributed by atoms with Crippen molar-refractivity contribution in [1.82, 2.24) is 10.3 Å². The van der Waals surface area contributed by atoms with Crippen LogP contribution in [0.1, 0.15) is 26.3 Å². The Morgan fingerprint density at radius 1 is 1.40 bits per heavy atom. The molecule has 2 rings (SSSR count). The van der Waals surface area contributed by atoms with E-state index in [4.69, 9.17) is 4.74 Å². The molecule has 1 aromatic carbocycles. The van der Waals surface area contributed by atoms with Crippen LogP contribution in [0.5, 0.6) is 0 Å². The van der Waals surface area contributed by atoms with Gasteiger partial charge in [0, 0.05) is 18.1 Å². The van der Waals surface area contributed by atoms with Gasteiger partial charge < -0.3 is 15.0 Å². The van der Waals surface area contributed by atoms with Crippen LogP contribution in [-0.2, 0) is 11.2 Å². The van der Waals surface area contributed by atoms with Crippen molar-refractivity contribution in [2.24, 2.45) is 0 Å². The lowest BCUT2D eigenvalue weighted by molar-refractivity contribution is 0.0528. The van der Waals surface area contributed by atoms with E-state index in [0.29, 0.717) is 18.5 Å². The number of hydrogen-bond donors (Lipinski definition) is 2. The van der Waals surface area contributed by atoms with Gasteiger partial charge in [-0.1, -0.05) is 12.1 Å². The summed E-state index contributed by atoms with van der Waals surface area (Å²) >= 11 is 0. The van der Waals surface area contributed by atoms with Crippen molar-refractivity contribution in [3.8, 4) is 0 Å². The SMILES string of the molecule is CC(C)(C)OC(=O)NCCc1c[nH]c2c(F)cccc12. The number of H-pyrrole nitrogens is 1. The van der Waals surface area contributed by atoms with Crippen molar-refractivity contribution in [2.45, 2.75) is 32.8 Å². The fourth-order valence-electron chi connectivity index (χ4n) is 2.00. The number of nitrogens with one attached hydrogen (secondary N) is 2. The van der Waals surface area contributed by atoms with Gasteiger partial charge in [0.05, 0.1) is 5.52 Å². The third kappa shape index (κ3) is 3.50. The number of carbonyl (C=O) groups is 1. The molecule has 4 nitrogen and oxygen atoms in total. The van der Waals surface area contributed by atoms with Gasteiger partial charge in [-0.2, -0.15) is 0 Å². The largest absolute Gasteiger partial charge is 0.444 e. The Balaban J connectivity index is 1.94. The number of para-hydroxylation sites is 1. The van der Waals surface area contributed by atoms with Gasteiger partial charge in [0.15, 0.2) is 0 Å². The molecule has 0 unspecified atom stereocenters. The summed E-state index contributed by atoms with van der Waals surface area (Å²) in [6.45, 7) is 5.89. The number of amides is 1. The quantitative estimate of drug-likeness (QED) is 0.904. The molecule has 0 fully saturated rings. The molecule has 2 N–H and O–H groups in total. The van der Waals surface area contributed by atoms with Crippen molar-refractivity contribution >= 4 is 17.0 Å². The van der Waals surface area contributed by atoms with Crippen LogP contribution in [0.15, 0.2) is 24.4 Å². The van der Waals surface area contributed by atoms with Gasteiger partial charge >= 0.3 is 6.09 Å². The highest BCUT2D eigenvalue weighted by Gasteiger charge is 2.15. The molecule has 0 aliphatic heterocycles. The Hall–Kier alpha value is -2.04. The van der Waals surface area contributed by atoms with E-state index in [9.17, 15) is 9.18 Å². The van der Waals surface area contributed by atoms with Crippen LogP contribution in [0.2, 0.25) is 0 Å². The first kappa shape index (κ1) is 14.4. The second kappa shape index (κ2) is 5.53. The summed E-state index contributed by atoms with van der Waals surface area (Å²) in [5, 5.41) is 3.53. The lowest BCUT2D eigenvalue weighted by Gasteiger charge is -2.19. The standard InChI is InChI=1S/C15H19FN2O2/c1-15(2,3)20-14(19)17-8-7-10-9-18-13-11(10)5-4-6-12(13)16/h4-6,9,18H,7-8H2,1-3H3,(H,17,19). The Morgan fingerprint density at radius 3 is 2.85 bits per heavy atom. The van der Waals surface area contributed by atoms with E-state index in [1.165, 1.54) is 6.07 Å². The van der Waals surface area contributed by atoms with Gasteiger partial charge in [0.2, 0.25) is 0 Å². The number of hydrogen-bond acceptors (Lipinski definition) is 2. The molecule has 1 aromatic heterocycles. The zero-order chi connectivity index (χ0) is 14.8. The zero-order valence-electron chi connectivity index (χ0n) is 11.9. The van der Waals surface area contributed by atoms with Crippen LogP contribution in [0.25, 0.3) is 10.9 Å². The molecular weight excluding hydrogens is 259 g/mol. The van der Waals surface area contributed by atoms with Gasteiger partial charge in [0.1, 0.15) is 11.4 Å². The van der Waals surface area contributed by atoms with Crippen molar-refractivity contribution in [3.63, 3.8) is 0 Å². The molecule has 0 aliphatic rings. The molecule has 0 saturated carbocycles. The Kier molecular flexibility index (Phi) is 3.97. The summed E-state index contributed by atoms with van der Waals surface area (Å²) in [4.78, 5) is 14.4. The average Bonchev–Trinajstić information content (AvgIpc) is 2.72. The molecule has 0 spiro atoms. The van der Waals surface area contributed by atoms with Crippen LogP contribution >= 0.6 is 0 Å². The van der Waals surface area contributed by atoms with Crippen LogP contribution in [0, 0.1) is 5.82 Å². The molecule has 2 aromatic rings. The van der Waals surface area contributed by atoms with E-state index in [1.54, 1.807) is 12.3 Å². The second-order valence-electron chi connectivity index (χ2n) is 5.65. The van der Waals surface area contributed by atoms with E-state index >= 15 is 0 Å². The predicted molar refractivity (Wildman–Crippen MR) is 76.2 cm³/mol. The molecule has 1 heterocycles. The molecule has 0 bridgehead atoms. The minimum Gasteiger partial charge on any atom is -0.444 e. The van der Waals surface area contributed by atoms with Gasteiger partial charge in [-0.15, -0.1) is 0 Å². The van der Waals surface area contributed by atoms with Gasteiger partial charge in [-0.05, 0) is 38.8 Å². The van der Waals surface area contributed by atoms with Crippen molar-refractivity contribution in [2.75, 3.05) is 6.54 Å². The minimum atomic E-state index is -0.506. The number of benzene rings is 1. The number of halogens is 1. The highest BCUT2D eigenvalue weighted by atomic mass is 19.1. The molecule has 108 valence electrons. The van der Waals surface area contributed by atoms with Gasteiger partial charge in [-0.25, -0.2) is 9.18 Å². The summed E-state index contributed by atoms with van der Waals surface area (Å²) in [6, 6.07) is 4.95. The summed E-state index contributed by atoms with van der Waals surface area (Å²) in [6.07, 6.45) is 1.94. The van der Waals surface area contributed by atoms with E-state index < -0.39 is 11.7 Å². The number of aromatic nitrogens is 1. The summed E-state index contributed by atoms with van der Waals surface area (Å²) < 4.78 is 18.7.